The SMILES string of the molecule is CN(CC(=O)O)[C@H]1CCCN(C(=O)[C@H]2CC(=O)N(Cc3ccccc3)C2)CC1. The van der Waals surface area contributed by atoms with Gasteiger partial charge in [-0.25, -0.2) is 0 Å². The second-order valence-electron chi connectivity index (χ2n) is 7.88. The summed E-state index contributed by atoms with van der Waals surface area (Å²) in [5.74, 6) is -1.01. The third-order valence-corrected chi connectivity index (χ3v) is 5.80. The zero-order valence-electron chi connectivity index (χ0n) is 16.4. The molecular weight excluding hydrogens is 358 g/mol. The number of rotatable bonds is 6. The van der Waals surface area contributed by atoms with Gasteiger partial charge in [-0.15, -0.1) is 0 Å². The topological polar surface area (TPSA) is 81.2 Å². The first-order chi connectivity index (χ1) is 13.4. The number of hydrogen-bond donors (Lipinski definition) is 1. The summed E-state index contributed by atoms with van der Waals surface area (Å²) in [6.07, 6.45) is 2.79. The van der Waals surface area contributed by atoms with Crippen molar-refractivity contribution in [1.29, 1.82) is 0 Å². The summed E-state index contributed by atoms with van der Waals surface area (Å²) >= 11 is 0. The van der Waals surface area contributed by atoms with Gasteiger partial charge >= 0.3 is 5.97 Å². The van der Waals surface area contributed by atoms with E-state index in [4.69, 9.17) is 5.11 Å². The van der Waals surface area contributed by atoms with Gasteiger partial charge in [0.05, 0.1) is 12.5 Å². The molecule has 7 heteroatoms. The fraction of sp³-hybridized carbons (Fsp3) is 0.571. The Morgan fingerprint density at radius 2 is 1.93 bits per heavy atom. The van der Waals surface area contributed by atoms with Crippen molar-refractivity contribution in [1.82, 2.24) is 14.7 Å². The maximum atomic E-state index is 13.0. The number of carbonyl (C=O) groups is 3. The Bertz CT molecular complexity index is 709. The predicted octanol–water partition coefficient (Wildman–Crippen LogP) is 1.43. The lowest BCUT2D eigenvalue weighted by Crippen LogP contribution is -2.39. The number of likely N-dealkylation sites (N-methyl/N-ethyl adjacent to an activating group) is 1. The van der Waals surface area contributed by atoms with Gasteiger partial charge in [-0.1, -0.05) is 30.3 Å². The first-order valence-electron chi connectivity index (χ1n) is 9.96. The van der Waals surface area contributed by atoms with Crippen molar-refractivity contribution < 1.29 is 19.5 Å². The Hall–Kier alpha value is -2.41. The standard InChI is InChI=1S/C21H29N3O4/c1-22(15-20(26)27)18-8-5-10-23(11-9-18)21(28)17-12-19(25)24(14-17)13-16-6-3-2-4-7-16/h2-4,6-7,17-18H,5,8-15H2,1H3,(H,26,27)/t17-,18-/m0/s1. The highest BCUT2D eigenvalue weighted by Gasteiger charge is 2.37. The molecule has 2 saturated heterocycles. The summed E-state index contributed by atoms with van der Waals surface area (Å²) in [5, 5.41) is 8.98. The lowest BCUT2D eigenvalue weighted by molar-refractivity contribution is -0.139. The lowest BCUT2D eigenvalue weighted by atomic mass is 10.1. The summed E-state index contributed by atoms with van der Waals surface area (Å²) in [6, 6.07) is 10.0. The van der Waals surface area contributed by atoms with E-state index in [9.17, 15) is 14.4 Å². The molecule has 2 heterocycles. The van der Waals surface area contributed by atoms with E-state index in [1.54, 1.807) is 4.90 Å². The summed E-state index contributed by atoms with van der Waals surface area (Å²) in [5.41, 5.74) is 1.07. The monoisotopic (exact) mass is 387 g/mol. The van der Waals surface area contributed by atoms with Gasteiger partial charge in [0.25, 0.3) is 0 Å². The van der Waals surface area contributed by atoms with E-state index < -0.39 is 5.97 Å². The minimum atomic E-state index is -0.831. The Kier molecular flexibility index (Phi) is 6.67. The third-order valence-electron chi connectivity index (χ3n) is 5.80. The molecule has 7 nitrogen and oxygen atoms in total. The van der Waals surface area contributed by atoms with Gasteiger partial charge in [0.15, 0.2) is 0 Å². The van der Waals surface area contributed by atoms with Crippen LogP contribution in [0.3, 0.4) is 0 Å². The van der Waals surface area contributed by atoms with E-state index in [1.807, 2.05) is 47.2 Å². The van der Waals surface area contributed by atoms with Crippen molar-refractivity contribution >= 4 is 17.8 Å². The number of hydrogen-bond acceptors (Lipinski definition) is 4. The lowest BCUT2D eigenvalue weighted by Gasteiger charge is -2.26. The first-order valence-corrected chi connectivity index (χ1v) is 9.96. The van der Waals surface area contributed by atoms with Gasteiger partial charge in [0.1, 0.15) is 0 Å². The minimum Gasteiger partial charge on any atom is -0.480 e. The van der Waals surface area contributed by atoms with Crippen LogP contribution in [-0.4, -0.2) is 76.9 Å². The van der Waals surface area contributed by atoms with Crippen LogP contribution < -0.4 is 0 Å². The number of carboxylic acids is 1. The molecule has 0 saturated carbocycles. The zero-order valence-corrected chi connectivity index (χ0v) is 16.4. The highest BCUT2D eigenvalue weighted by Crippen LogP contribution is 2.24. The van der Waals surface area contributed by atoms with E-state index in [2.05, 4.69) is 0 Å². The quantitative estimate of drug-likeness (QED) is 0.799. The molecule has 28 heavy (non-hydrogen) atoms. The smallest absolute Gasteiger partial charge is 0.317 e. The van der Waals surface area contributed by atoms with Crippen molar-refractivity contribution in [2.24, 2.45) is 5.92 Å². The third kappa shape index (κ3) is 5.10. The van der Waals surface area contributed by atoms with Crippen LogP contribution in [0.25, 0.3) is 0 Å². The van der Waals surface area contributed by atoms with E-state index in [0.29, 0.717) is 26.2 Å². The van der Waals surface area contributed by atoms with Gasteiger partial charge in [-0.3, -0.25) is 19.3 Å². The van der Waals surface area contributed by atoms with Crippen LogP contribution >= 0.6 is 0 Å². The van der Waals surface area contributed by atoms with Crippen molar-refractivity contribution in [2.45, 2.75) is 38.3 Å². The van der Waals surface area contributed by atoms with E-state index in [-0.39, 0.29) is 36.7 Å². The average Bonchev–Trinajstić information content (AvgIpc) is 2.88. The molecule has 0 aromatic heterocycles. The molecule has 0 bridgehead atoms. The molecule has 2 aliphatic heterocycles. The predicted molar refractivity (Wildman–Crippen MR) is 104 cm³/mol. The zero-order chi connectivity index (χ0) is 20.1. The molecule has 2 fully saturated rings. The van der Waals surface area contributed by atoms with Crippen LogP contribution in [0.4, 0.5) is 0 Å². The van der Waals surface area contributed by atoms with E-state index in [0.717, 1.165) is 24.8 Å². The Labute approximate surface area is 165 Å². The van der Waals surface area contributed by atoms with Crippen LogP contribution in [0.15, 0.2) is 30.3 Å². The molecule has 2 atom stereocenters. The maximum absolute atomic E-state index is 13.0. The Morgan fingerprint density at radius 1 is 1.18 bits per heavy atom. The molecule has 1 aromatic rings. The van der Waals surface area contributed by atoms with Crippen LogP contribution in [-0.2, 0) is 20.9 Å². The first kappa shape index (κ1) is 20.3. The molecular formula is C21H29N3O4. The molecule has 2 aliphatic rings. The van der Waals surface area contributed by atoms with Gasteiger partial charge in [0.2, 0.25) is 11.8 Å². The molecule has 152 valence electrons. The molecule has 1 N–H and O–H groups in total. The van der Waals surface area contributed by atoms with Gasteiger partial charge in [-0.2, -0.15) is 0 Å². The number of aliphatic carboxylic acids is 1. The Morgan fingerprint density at radius 3 is 2.64 bits per heavy atom. The van der Waals surface area contributed by atoms with Gasteiger partial charge < -0.3 is 14.9 Å². The fourth-order valence-electron chi connectivity index (χ4n) is 4.23. The summed E-state index contributed by atoms with van der Waals surface area (Å²) in [7, 11) is 1.83. The second-order valence-corrected chi connectivity index (χ2v) is 7.88. The normalized spacial score (nSPS) is 23.1. The molecule has 1 aromatic carbocycles. The summed E-state index contributed by atoms with van der Waals surface area (Å²) in [6.45, 7) is 2.34. The number of amides is 2. The Balaban J connectivity index is 1.54. The van der Waals surface area contributed by atoms with Crippen LogP contribution in [0, 0.1) is 5.92 Å². The molecule has 0 spiro atoms. The molecule has 0 radical (unpaired) electrons. The number of likely N-dealkylation sites (tertiary alicyclic amines) is 2. The highest BCUT2D eigenvalue weighted by atomic mass is 16.4. The van der Waals surface area contributed by atoms with Crippen molar-refractivity contribution in [2.75, 3.05) is 33.2 Å². The molecule has 0 aliphatic carbocycles. The molecule has 2 amide bonds. The van der Waals surface area contributed by atoms with Crippen molar-refractivity contribution in [3.8, 4) is 0 Å². The van der Waals surface area contributed by atoms with Crippen LogP contribution in [0.2, 0.25) is 0 Å². The van der Waals surface area contributed by atoms with Crippen LogP contribution in [0.1, 0.15) is 31.2 Å². The number of benzene rings is 1. The van der Waals surface area contributed by atoms with Crippen molar-refractivity contribution in [3.63, 3.8) is 0 Å². The summed E-state index contributed by atoms with van der Waals surface area (Å²) < 4.78 is 0. The van der Waals surface area contributed by atoms with Gasteiger partial charge in [-0.05, 0) is 31.9 Å². The minimum absolute atomic E-state index is 0.0180. The second kappa shape index (κ2) is 9.19. The maximum Gasteiger partial charge on any atom is 0.317 e. The average molecular weight is 387 g/mol. The summed E-state index contributed by atoms with van der Waals surface area (Å²) in [4.78, 5) is 41.8. The van der Waals surface area contributed by atoms with Gasteiger partial charge in [0, 0.05) is 38.6 Å². The van der Waals surface area contributed by atoms with E-state index in [1.165, 1.54) is 0 Å². The molecule has 3 rings (SSSR count). The fourth-order valence-corrected chi connectivity index (χ4v) is 4.23. The molecule has 0 unspecified atom stereocenters. The number of nitrogens with zero attached hydrogens (tertiary/aromatic N) is 3. The number of carbonyl (C=O) groups excluding carboxylic acids is 2. The van der Waals surface area contributed by atoms with Crippen LogP contribution in [0.5, 0.6) is 0 Å². The largest absolute Gasteiger partial charge is 0.480 e. The van der Waals surface area contributed by atoms with E-state index >= 15 is 0 Å². The number of carboxylic acid groups (broad SMARTS) is 1. The van der Waals surface area contributed by atoms with Crippen molar-refractivity contribution in [3.05, 3.63) is 35.9 Å². The highest BCUT2D eigenvalue weighted by molar-refractivity contribution is 5.89.